The molecule has 90 valence electrons. The van der Waals surface area contributed by atoms with E-state index in [-0.39, 0.29) is 16.6 Å². The highest BCUT2D eigenvalue weighted by Crippen LogP contribution is 2.63. The van der Waals surface area contributed by atoms with E-state index in [1.165, 1.54) is 25.7 Å². The fourth-order valence-electron chi connectivity index (χ4n) is 4.50. The maximum Gasteiger partial charge on any atom is 0.0809 e. The van der Waals surface area contributed by atoms with Gasteiger partial charge in [-0.2, -0.15) is 0 Å². The highest BCUT2D eigenvalue weighted by molar-refractivity contribution is 5.22. The first kappa shape index (κ1) is 10.8. The van der Waals surface area contributed by atoms with Gasteiger partial charge in [0, 0.05) is 5.41 Å². The molecule has 1 aliphatic heterocycles. The Morgan fingerprint density at radius 3 is 2.75 bits per heavy atom. The maximum absolute atomic E-state index is 6.63. The van der Waals surface area contributed by atoms with Crippen LogP contribution in [0.3, 0.4) is 0 Å². The van der Waals surface area contributed by atoms with Crippen LogP contribution in [0.25, 0.3) is 0 Å². The fraction of sp³-hybridized carbons (Fsp3) is 0.867. The summed E-state index contributed by atoms with van der Waals surface area (Å²) in [6.07, 6.45) is 9.94. The second-order valence-corrected chi connectivity index (χ2v) is 6.99. The van der Waals surface area contributed by atoms with Gasteiger partial charge in [-0.05, 0) is 51.4 Å². The molecular formula is C15H24O. The lowest BCUT2D eigenvalue weighted by Crippen LogP contribution is -2.53. The molecule has 1 heteroatoms. The Balaban J connectivity index is 2.09. The zero-order valence-corrected chi connectivity index (χ0v) is 11.0. The van der Waals surface area contributed by atoms with Gasteiger partial charge >= 0.3 is 0 Å². The molecule has 3 rings (SSSR count). The van der Waals surface area contributed by atoms with E-state index in [9.17, 15) is 0 Å². The second-order valence-electron chi connectivity index (χ2n) is 6.99. The summed E-state index contributed by atoms with van der Waals surface area (Å²) >= 11 is 0. The molecule has 2 fully saturated rings. The average Bonchev–Trinajstić information content (AvgIpc) is 2.42. The van der Waals surface area contributed by atoms with Gasteiger partial charge in [-0.1, -0.05) is 26.0 Å². The van der Waals surface area contributed by atoms with Crippen LogP contribution in [-0.4, -0.2) is 11.2 Å². The van der Waals surface area contributed by atoms with Crippen molar-refractivity contribution in [2.45, 2.75) is 64.6 Å². The van der Waals surface area contributed by atoms with Crippen molar-refractivity contribution >= 4 is 0 Å². The third kappa shape index (κ3) is 1.11. The zero-order chi connectivity index (χ0) is 11.6. The molecule has 1 heterocycles. The van der Waals surface area contributed by atoms with E-state index >= 15 is 0 Å². The summed E-state index contributed by atoms with van der Waals surface area (Å²) in [5, 5.41) is 0. The van der Waals surface area contributed by atoms with E-state index < -0.39 is 0 Å². The van der Waals surface area contributed by atoms with Crippen molar-refractivity contribution in [3.63, 3.8) is 0 Å². The third-order valence-electron chi connectivity index (χ3n) is 5.73. The largest absolute Gasteiger partial charge is 0.368 e. The van der Waals surface area contributed by atoms with E-state index in [0.29, 0.717) is 5.92 Å². The predicted octanol–water partition coefficient (Wildman–Crippen LogP) is 3.94. The lowest BCUT2D eigenvalue weighted by atomic mass is 9.55. The van der Waals surface area contributed by atoms with Gasteiger partial charge in [-0.25, -0.2) is 0 Å². The summed E-state index contributed by atoms with van der Waals surface area (Å²) in [4.78, 5) is 0. The Morgan fingerprint density at radius 2 is 2.00 bits per heavy atom. The third-order valence-corrected chi connectivity index (χ3v) is 5.73. The Labute approximate surface area is 99.3 Å². The summed E-state index contributed by atoms with van der Waals surface area (Å²) in [5.74, 6) is 1.45. The van der Waals surface area contributed by atoms with Gasteiger partial charge in [-0.15, -0.1) is 0 Å². The number of hydrogen-bond acceptors (Lipinski definition) is 1. The van der Waals surface area contributed by atoms with Crippen molar-refractivity contribution in [1.29, 1.82) is 0 Å². The molecule has 1 unspecified atom stereocenters. The summed E-state index contributed by atoms with van der Waals surface area (Å²) in [6, 6.07) is 0. The van der Waals surface area contributed by atoms with Gasteiger partial charge in [0.25, 0.3) is 0 Å². The van der Waals surface area contributed by atoms with E-state index in [1.807, 2.05) is 0 Å². The van der Waals surface area contributed by atoms with E-state index in [0.717, 1.165) is 5.92 Å². The van der Waals surface area contributed by atoms with Crippen LogP contribution in [-0.2, 0) is 4.74 Å². The van der Waals surface area contributed by atoms with Gasteiger partial charge < -0.3 is 4.74 Å². The first-order chi connectivity index (χ1) is 7.40. The summed E-state index contributed by atoms with van der Waals surface area (Å²) in [7, 11) is 0. The SMILES string of the molecule is C[C@@H]1CC=C[C@@]2(C)CCC3C[C@]12OC3(C)C. The molecule has 0 radical (unpaired) electrons. The van der Waals surface area contributed by atoms with Crippen molar-refractivity contribution in [2.24, 2.45) is 17.3 Å². The molecular weight excluding hydrogens is 196 g/mol. The molecule has 4 atom stereocenters. The molecule has 2 aliphatic carbocycles. The molecule has 3 aliphatic rings. The summed E-state index contributed by atoms with van der Waals surface area (Å²) in [6.45, 7) is 9.38. The standard InChI is InChI=1S/C15H24O/c1-11-6-5-8-14(4)9-7-12-10-15(11,14)16-13(12,2)3/h5,8,11-12H,6-7,9-10H2,1-4H3/t11-,12?,14+,15+/m1/s1. The number of allylic oxidation sites excluding steroid dienone is 1. The van der Waals surface area contributed by atoms with Crippen LogP contribution < -0.4 is 0 Å². The van der Waals surface area contributed by atoms with Gasteiger partial charge in [0.15, 0.2) is 0 Å². The molecule has 0 aromatic heterocycles. The molecule has 1 saturated heterocycles. The van der Waals surface area contributed by atoms with Crippen LogP contribution in [0.15, 0.2) is 12.2 Å². The predicted molar refractivity (Wildman–Crippen MR) is 66.3 cm³/mol. The van der Waals surface area contributed by atoms with Crippen molar-refractivity contribution in [3.05, 3.63) is 12.2 Å². The lowest BCUT2D eigenvalue weighted by molar-refractivity contribution is -0.164. The molecule has 1 saturated carbocycles. The monoisotopic (exact) mass is 220 g/mol. The van der Waals surface area contributed by atoms with Crippen LogP contribution in [0, 0.1) is 17.3 Å². The van der Waals surface area contributed by atoms with Crippen molar-refractivity contribution in [1.82, 2.24) is 0 Å². The minimum Gasteiger partial charge on any atom is -0.368 e. The van der Waals surface area contributed by atoms with Crippen LogP contribution in [0.4, 0.5) is 0 Å². The Morgan fingerprint density at radius 1 is 1.25 bits per heavy atom. The van der Waals surface area contributed by atoms with Crippen LogP contribution in [0.2, 0.25) is 0 Å². The van der Waals surface area contributed by atoms with Gasteiger partial charge in [-0.3, -0.25) is 0 Å². The number of hydrogen-bond donors (Lipinski definition) is 0. The second kappa shape index (κ2) is 2.93. The highest BCUT2D eigenvalue weighted by Gasteiger charge is 2.64. The molecule has 2 bridgehead atoms. The van der Waals surface area contributed by atoms with Gasteiger partial charge in [0.05, 0.1) is 11.2 Å². The van der Waals surface area contributed by atoms with Gasteiger partial charge in [0.2, 0.25) is 0 Å². The smallest absolute Gasteiger partial charge is 0.0809 e. The normalized spacial score (nSPS) is 53.8. The molecule has 16 heavy (non-hydrogen) atoms. The topological polar surface area (TPSA) is 9.23 Å². The molecule has 0 N–H and O–H groups in total. The summed E-state index contributed by atoms with van der Waals surface area (Å²) < 4.78 is 6.63. The van der Waals surface area contributed by atoms with Crippen molar-refractivity contribution in [2.75, 3.05) is 0 Å². The van der Waals surface area contributed by atoms with Gasteiger partial charge in [0.1, 0.15) is 0 Å². The molecule has 0 aromatic rings. The molecule has 1 nitrogen and oxygen atoms in total. The number of ether oxygens (including phenoxy) is 1. The Bertz CT molecular complexity index is 343. The average molecular weight is 220 g/mol. The first-order valence-electron chi connectivity index (χ1n) is 6.78. The minimum absolute atomic E-state index is 0.0944. The molecule has 0 amide bonds. The molecule has 0 aromatic carbocycles. The highest BCUT2D eigenvalue weighted by atomic mass is 16.5. The number of fused-ring (bicyclic) bond motifs is 1. The Kier molecular flexibility index (Phi) is 1.98. The van der Waals surface area contributed by atoms with Crippen molar-refractivity contribution < 1.29 is 4.74 Å². The van der Waals surface area contributed by atoms with Crippen LogP contribution in [0.5, 0.6) is 0 Å². The first-order valence-corrected chi connectivity index (χ1v) is 6.78. The Hall–Kier alpha value is -0.300. The lowest BCUT2D eigenvalue weighted by Gasteiger charge is -2.52. The van der Waals surface area contributed by atoms with E-state index in [1.54, 1.807) is 0 Å². The molecule has 1 spiro atoms. The van der Waals surface area contributed by atoms with Crippen molar-refractivity contribution in [3.8, 4) is 0 Å². The van der Waals surface area contributed by atoms with Crippen LogP contribution >= 0.6 is 0 Å². The fourth-order valence-corrected chi connectivity index (χ4v) is 4.50. The quantitative estimate of drug-likeness (QED) is 0.562. The van der Waals surface area contributed by atoms with E-state index in [4.69, 9.17) is 4.74 Å². The maximum atomic E-state index is 6.63. The minimum atomic E-state index is 0.0944. The number of rotatable bonds is 0. The van der Waals surface area contributed by atoms with Crippen LogP contribution in [0.1, 0.15) is 53.4 Å². The van der Waals surface area contributed by atoms with E-state index in [2.05, 4.69) is 39.8 Å². The summed E-state index contributed by atoms with van der Waals surface area (Å²) in [5.41, 5.74) is 0.514. The zero-order valence-electron chi connectivity index (χ0n) is 11.0.